The first-order valence-electron chi connectivity index (χ1n) is 10.8. The molecule has 0 amide bonds. The molecule has 4 aliphatic heterocycles. The van der Waals surface area contributed by atoms with E-state index >= 15 is 4.39 Å². The fourth-order valence-electron chi connectivity index (χ4n) is 4.20. The maximum atomic E-state index is 15.0. The lowest BCUT2D eigenvalue weighted by Crippen LogP contribution is -2.66. The van der Waals surface area contributed by atoms with Gasteiger partial charge in [0.05, 0.1) is 17.8 Å². The van der Waals surface area contributed by atoms with Crippen LogP contribution in [-0.4, -0.2) is 49.5 Å². The van der Waals surface area contributed by atoms with Gasteiger partial charge in [0.1, 0.15) is 11.9 Å². The van der Waals surface area contributed by atoms with Gasteiger partial charge < -0.3 is 16.0 Å². The van der Waals surface area contributed by atoms with Crippen molar-refractivity contribution in [1.82, 2.24) is 15.5 Å². The summed E-state index contributed by atoms with van der Waals surface area (Å²) in [5.74, 6) is 0.293. The predicted octanol–water partition coefficient (Wildman–Crippen LogP) is 3.75. The molecule has 164 valence electrons. The second-order valence-electron chi connectivity index (χ2n) is 8.75. The van der Waals surface area contributed by atoms with Crippen molar-refractivity contribution in [2.75, 3.05) is 19.6 Å². The number of fused-ring (bicyclic) bond motifs is 2. The maximum Gasteiger partial charge on any atom is 0.115 e. The van der Waals surface area contributed by atoms with Crippen molar-refractivity contribution < 1.29 is 4.39 Å². The summed E-state index contributed by atoms with van der Waals surface area (Å²) in [6, 6.07) is 2.98. The molecule has 0 aromatic rings. The Hall–Kier alpha value is -2.82. The van der Waals surface area contributed by atoms with Gasteiger partial charge in [0.25, 0.3) is 0 Å². The smallest absolute Gasteiger partial charge is 0.115 e. The first kappa shape index (κ1) is 22.9. The van der Waals surface area contributed by atoms with Crippen molar-refractivity contribution in [2.45, 2.75) is 45.2 Å². The number of hydrogen-bond acceptors (Lipinski definition) is 6. The minimum Gasteiger partial charge on any atom is -0.360 e. The first-order valence-corrected chi connectivity index (χ1v) is 10.8. The van der Waals surface area contributed by atoms with Crippen LogP contribution in [0.4, 0.5) is 4.39 Å². The number of nitrogens with zero attached hydrogens (tertiary/aromatic N) is 3. The lowest BCUT2D eigenvalue weighted by atomic mass is 9.91. The standard InChI is InChI=1S/C24H31FN6/c1-16(2)4-5-17-6-23(24(29-11-17)19(9-26)10-27)18(12-28-3)7-20(25)13-31-14-21-8-22(15-31)30-21/h6-7,9,11-12,16,21-22,26,29-30H,3-5,8,13-15H2,1-2H3/b18-12+,20-7+,24-19+,26-9?. The fraction of sp³-hybridized carbons (Fsp3) is 0.458. The zero-order valence-electron chi connectivity index (χ0n) is 18.3. The fourth-order valence-corrected chi connectivity index (χ4v) is 4.20. The molecule has 3 saturated heterocycles. The molecule has 0 aromatic carbocycles. The third-order valence-corrected chi connectivity index (χ3v) is 5.77. The average Bonchev–Trinajstić information content (AvgIpc) is 2.72. The highest BCUT2D eigenvalue weighted by Gasteiger charge is 2.36. The molecule has 7 heteroatoms. The molecule has 4 rings (SSSR count). The van der Waals surface area contributed by atoms with E-state index < -0.39 is 0 Å². The number of nitrogens with one attached hydrogen (secondary N) is 3. The average molecular weight is 423 g/mol. The summed E-state index contributed by atoms with van der Waals surface area (Å²) < 4.78 is 15.0. The Balaban J connectivity index is 1.88. The molecule has 2 bridgehead atoms. The van der Waals surface area contributed by atoms with E-state index in [9.17, 15) is 5.26 Å². The van der Waals surface area contributed by atoms with Crippen LogP contribution in [0.1, 0.15) is 33.1 Å². The van der Waals surface area contributed by atoms with Crippen molar-refractivity contribution in [3.63, 3.8) is 0 Å². The molecule has 2 atom stereocenters. The minimum atomic E-state index is -0.261. The number of dihydropyridines is 1. The van der Waals surface area contributed by atoms with Gasteiger partial charge in [-0.25, -0.2) is 4.39 Å². The van der Waals surface area contributed by atoms with Gasteiger partial charge in [-0.2, -0.15) is 5.26 Å². The Bertz CT molecular complexity index is 899. The van der Waals surface area contributed by atoms with Crippen LogP contribution in [0.15, 0.2) is 63.4 Å². The van der Waals surface area contributed by atoms with Crippen LogP contribution in [0.5, 0.6) is 0 Å². The largest absolute Gasteiger partial charge is 0.360 e. The summed E-state index contributed by atoms with van der Waals surface area (Å²) in [6.07, 6.45) is 10.8. The number of piperidine rings is 1. The molecular formula is C24H31FN6. The van der Waals surface area contributed by atoms with Gasteiger partial charge in [-0.05, 0) is 49.6 Å². The Labute approximate surface area is 184 Å². The van der Waals surface area contributed by atoms with Gasteiger partial charge in [-0.1, -0.05) is 13.8 Å². The Morgan fingerprint density at radius 3 is 2.74 bits per heavy atom. The molecule has 0 saturated carbocycles. The zero-order chi connectivity index (χ0) is 22.4. The van der Waals surface area contributed by atoms with Crippen molar-refractivity contribution in [2.24, 2.45) is 10.9 Å². The molecule has 3 N–H and O–H groups in total. The Kier molecular flexibility index (Phi) is 7.72. The van der Waals surface area contributed by atoms with E-state index in [2.05, 4.69) is 41.1 Å². The minimum absolute atomic E-state index is 0.177. The first-order chi connectivity index (χ1) is 14.9. The van der Waals surface area contributed by atoms with Crippen molar-refractivity contribution in [3.8, 4) is 6.07 Å². The quantitative estimate of drug-likeness (QED) is 0.300. The summed E-state index contributed by atoms with van der Waals surface area (Å²) in [7, 11) is 0. The molecule has 6 nitrogen and oxygen atoms in total. The summed E-state index contributed by atoms with van der Waals surface area (Å²) >= 11 is 0. The van der Waals surface area contributed by atoms with Crippen LogP contribution in [0.2, 0.25) is 0 Å². The highest BCUT2D eigenvalue weighted by atomic mass is 19.1. The van der Waals surface area contributed by atoms with E-state index in [1.807, 2.05) is 18.3 Å². The van der Waals surface area contributed by atoms with Crippen LogP contribution in [0, 0.1) is 22.7 Å². The third kappa shape index (κ3) is 5.87. The monoisotopic (exact) mass is 422 g/mol. The van der Waals surface area contributed by atoms with Gasteiger partial charge in [0.2, 0.25) is 0 Å². The third-order valence-electron chi connectivity index (χ3n) is 5.77. The van der Waals surface area contributed by atoms with Crippen LogP contribution in [0.3, 0.4) is 0 Å². The molecule has 0 aliphatic carbocycles. The summed E-state index contributed by atoms with van der Waals surface area (Å²) in [4.78, 5) is 6.00. The van der Waals surface area contributed by atoms with Gasteiger partial charge in [-0.3, -0.25) is 9.89 Å². The van der Waals surface area contributed by atoms with Gasteiger partial charge in [-0.15, -0.1) is 0 Å². The van der Waals surface area contributed by atoms with Gasteiger partial charge in [0.15, 0.2) is 0 Å². The highest BCUT2D eigenvalue weighted by Crippen LogP contribution is 2.30. The molecule has 0 radical (unpaired) electrons. The number of nitriles is 1. The van der Waals surface area contributed by atoms with E-state index in [4.69, 9.17) is 5.41 Å². The molecule has 4 aliphatic rings. The number of halogens is 1. The van der Waals surface area contributed by atoms with Gasteiger partial charge >= 0.3 is 0 Å². The Morgan fingerprint density at radius 1 is 1.45 bits per heavy atom. The van der Waals surface area contributed by atoms with E-state index in [1.54, 1.807) is 0 Å². The lowest BCUT2D eigenvalue weighted by molar-refractivity contribution is 0.0813. The van der Waals surface area contributed by atoms with Crippen LogP contribution in [-0.2, 0) is 0 Å². The topological polar surface area (TPSA) is 87.3 Å². The number of allylic oxidation sites excluding steroid dienone is 5. The van der Waals surface area contributed by atoms with E-state index in [1.165, 1.54) is 18.7 Å². The molecule has 3 fully saturated rings. The zero-order valence-corrected chi connectivity index (χ0v) is 18.3. The molecular weight excluding hydrogens is 391 g/mol. The van der Waals surface area contributed by atoms with E-state index in [-0.39, 0.29) is 17.9 Å². The lowest BCUT2D eigenvalue weighted by Gasteiger charge is -2.48. The molecule has 0 aromatic heterocycles. The normalized spacial score (nSPS) is 25.6. The summed E-state index contributed by atoms with van der Waals surface area (Å²) in [5, 5.41) is 23.7. The number of rotatable bonds is 9. The van der Waals surface area contributed by atoms with Crippen molar-refractivity contribution in [1.29, 1.82) is 10.7 Å². The SMILES string of the molecule is C=N/C=C(\C=C(\F)CN1CC2CC(C1)N2)C1=CC(CCC(C)C)=CN/C1=C(/C#N)C=N. The van der Waals surface area contributed by atoms with E-state index in [0.29, 0.717) is 34.8 Å². The second kappa shape index (κ2) is 10.5. The van der Waals surface area contributed by atoms with Crippen LogP contribution >= 0.6 is 0 Å². The van der Waals surface area contributed by atoms with Gasteiger partial charge in [0, 0.05) is 54.9 Å². The molecule has 31 heavy (non-hydrogen) atoms. The number of aliphatic imine (C=N–C) groups is 1. The number of hydrogen-bond donors (Lipinski definition) is 3. The Morgan fingerprint density at radius 2 is 2.16 bits per heavy atom. The molecule has 4 heterocycles. The van der Waals surface area contributed by atoms with Crippen LogP contribution < -0.4 is 10.6 Å². The second-order valence-corrected chi connectivity index (χ2v) is 8.75. The summed E-state index contributed by atoms with van der Waals surface area (Å²) in [5.41, 5.74) is 2.89. The molecule has 2 unspecified atom stereocenters. The summed E-state index contributed by atoms with van der Waals surface area (Å²) in [6.45, 7) is 9.81. The highest BCUT2D eigenvalue weighted by molar-refractivity contribution is 5.85. The van der Waals surface area contributed by atoms with Crippen molar-refractivity contribution in [3.05, 3.63) is 58.4 Å². The van der Waals surface area contributed by atoms with E-state index in [0.717, 1.165) is 37.7 Å². The molecule has 0 spiro atoms. The van der Waals surface area contributed by atoms with Crippen LogP contribution in [0.25, 0.3) is 0 Å². The maximum absolute atomic E-state index is 15.0. The number of piperazine rings is 1. The van der Waals surface area contributed by atoms with Crippen molar-refractivity contribution >= 4 is 12.9 Å². The predicted molar refractivity (Wildman–Crippen MR) is 123 cm³/mol.